The first-order valence-electron chi connectivity index (χ1n) is 11.1. The Bertz CT molecular complexity index is 1170. The number of carbonyl (C=O) groups excluding carboxylic acids is 1. The van der Waals surface area contributed by atoms with Crippen LogP contribution in [-0.2, 0) is 14.6 Å². The van der Waals surface area contributed by atoms with Crippen molar-refractivity contribution in [3.05, 3.63) is 52.3 Å². The van der Waals surface area contributed by atoms with E-state index in [0.29, 0.717) is 4.90 Å². The molecule has 184 valence electrons. The number of carbonyl (C=O) groups is 1. The highest BCUT2D eigenvalue weighted by atomic mass is 35.5. The van der Waals surface area contributed by atoms with E-state index in [1.165, 1.54) is 6.26 Å². The molecule has 2 aromatic rings. The molecule has 34 heavy (non-hydrogen) atoms. The molecule has 4 rings (SSSR count). The number of halogens is 3. The maximum absolute atomic E-state index is 13.5. The molecule has 0 aliphatic carbocycles. The Morgan fingerprint density at radius 3 is 2.12 bits per heavy atom. The smallest absolute Gasteiger partial charge is 0.263 e. The fourth-order valence-electron chi connectivity index (χ4n) is 4.87. The van der Waals surface area contributed by atoms with Gasteiger partial charge in [0.25, 0.3) is 5.91 Å². The molecule has 1 unspecified atom stereocenters. The summed E-state index contributed by atoms with van der Waals surface area (Å²) >= 11 is 12.1. The van der Waals surface area contributed by atoms with Gasteiger partial charge in [-0.05, 0) is 75.9 Å². The molecule has 10 heteroatoms. The van der Waals surface area contributed by atoms with Crippen molar-refractivity contribution in [2.45, 2.75) is 68.2 Å². The zero-order valence-electron chi connectivity index (χ0n) is 19.1. The second-order valence-corrected chi connectivity index (χ2v) is 12.3. The minimum Gasteiger partial charge on any atom is -0.475 e. The molecule has 1 N–H and O–H groups in total. The van der Waals surface area contributed by atoms with E-state index in [0.717, 1.165) is 43.5 Å². The molecule has 0 saturated carbocycles. The Hall–Kier alpha value is -2.03. The third-order valence-electron chi connectivity index (χ3n) is 6.50. The van der Waals surface area contributed by atoms with E-state index in [2.05, 4.69) is 10.2 Å². The number of nitrogens with zero attached hydrogens (tertiary/aromatic N) is 1. The molecule has 2 bridgehead atoms. The molecule has 2 aliphatic heterocycles. The van der Waals surface area contributed by atoms with E-state index < -0.39 is 21.3 Å². The van der Waals surface area contributed by atoms with Gasteiger partial charge in [-0.25, -0.2) is 12.8 Å². The number of nitrogens with one attached hydrogen (secondary N) is 1. The minimum atomic E-state index is -3.24. The molecule has 3 atom stereocenters. The minimum absolute atomic E-state index is 0.000816. The van der Waals surface area contributed by atoms with Gasteiger partial charge >= 0.3 is 0 Å². The maximum Gasteiger partial charge on any atom is 0.263 e. The Morgan fingerprint density at radius 2 is 1.62 bits per heavy atom. The van der Waals surface area contributed by atoms with Crippen LogP contribution in [0.5, 0.6) is 5.75 Å². The summed E-state index contributed by atoms with van der Waals surface area (Å²) in [6.07, 6.45) is 4.74. The number of hydrogen-bond acceptors (Lipinski definition) is 5. The zero-order chi connectivity index (χ0) is 24.8. The number of benzene rings is 2. The van der Waals surface area contributed by atoms with Crippen molar-refractivity contribution >= 4 is 44.6 Å². The number of anilines is 1. The first-order chi connectivity index (χ1) is 15.8. The second kappa shape index (κ2) is 9.21. The Morgan fingerprint density at radius 1 is 1.09 bits per heavy atom. The van der Waals surface area contributed by atoms with E-state index >= 15 is 0 Å². The van der Waals surface area contributed by atoms with Gasteiger partial charge < -0.3 is 15.0 Å². The van der Waals surface area contributed by atoms with Crippen LogP contribution in [0, 0.1) is 5.82 Å². The summed E-state index contributed by atoms with van der Waals surface area (Å²) in [5.74, 6) is -0.825. The van der Waals surface area contributed by atoms with Crippen LogP contribution in [0.25, 0.3) is 0 Å². The Kier molecular flexibility index (Phi) is 6.79. The number of fused-ring (bicyclic) bond motifs is 2. The van der Waals surface area contributed by atoms with Gasteiger partial charge in [-0.15, -0.1) is 0 Å². The first-order valence-corrected chi connectivity index (χ1v) is 13.7. The van der Waals surface area contributed by atoms with Crippen LogP contribution in [-0.4, -0.2) is 44.3 Å². The van der Waals surface area contributed by atoms with Crippen LogP contribution in [0.15, 0.2) is 41.3 Å². The standard InChI is InChI=1S/C24H27Cl2FN2O4S/c1-24(2,33-22-20(25)10-14(27)11-21(22)26)23(30)28-15-12-17-4-5-18(13-15)29(17)16-6-8-19(9-7-16)34(3,31)32/h6-11,15,17-18H,4-5,12-13H2,1-3H3,(H,28,30)/t15?,17-,18+. The van der Waals surface area contributed by atoms with Crippen LogP contribution in [0.4, 0.5) is 10.1 Å². The van der Waals surface area contributed by atoms with E-state index in [1.807, 2.05) is 12.1 Å². The summed E-state index contributed by atoms with van der Waals surface area (Å²) in [4.78, 5) is 15.7. The molecule has 6 nitrogen and oxygen atoms in total. The Balaban J connectivity index is 1.42. The zero-order valence-corrected chi connectivity index (χ0v) is 21.5. The van der Waals surface area contributed by atoms with E-state index in [4.69, 9.17) is 27.9 Å². The van der Waals surface area contributed by atoms with Crippen molar-refractivity contribution in [2.24, 2.45) is 0 Å². The quantitative estimate of drug-likeness (QED) is 0.570. The Labute approximate surface area is 209 Å². The van der Waals surface area contributed by atoms with Gasteiger partial charge in [-0.2, -0.15) is 0 Å². The third-order valence-corrected chi connectivity index (χ3v) is 8.19. The predicted octanol–water partition coefficient (Wildman–Crippen LogP) is 5.01. The summed E-state index contributed by atoms with van der Waals surface area (Å²) < 4.78 is 42.8. The summed E-state index contributed by atoms with van der Waals surface area (Å²) in [5, 5.41) is 3.10. The molecule has 0 radical (unpaired) electrons. The van der Waals surface area contributed by atoms with Crippen LogP contribution >= 0.6 is 23.2 Å². The normalized spacial score (nSPS) is 22.5. The van der Waals surface area contributed by atoms with Gasteiger partial charge in [0.1, 0.15) is 5.82 Å². The fraction of sp³-hybridized carbons (Fsp3) is 0.458. The summed E-state index contributed by atoms with van der Waals surface area (Å²) in [6, 6.07) is 9.64. The van der Waals surface area contributed by atoms with Crippen molar-refractivity contribution in [1.82, 2.24) is 5.32 Å². The number of piperidine rings is 1. The second-order valence-electron chi connectivity index (χ2n) is 9.51. The number of sulfone groups is 1. The molecular formula is C24H27Cl2FN2O4S. The topological polar surface area (TPSA) is 75.7 Å². The molecule has 0 spiro atoms. The summed E-state index contributed by atoms with van der Waals surface area (Å²) in [5.41, 5.74) is -0.281. The van der Waals surface area contributed by atoms with Crippen molar-refractivity contribution in [3.8, 4) is 5.75 Å². The lowest BCUT2D eigenvalue weighted by Gasteiger charge is -2.41. The van der Waals surface area contributed by atoms with Gasteiger partial charge in [0.05, 0.1) is 14.9 Å². The molecular weight excluding hydrogens is 502 g/mol. The average molecular weight is 529 g/mol. The van der Waals surface area contributed by atoms with Gasteiger partial charge in [0.2, 0.25) is 0 Å². The van der Waals surface area contributed by atoms with Gasteiger partial charge in [0, 0.05) is 30.1 Å². The predicted molar refractivity (Wildman–Crippen MR) is 131 cm³/mol. The molecule has 2 heterocycles. The lowest BCUT2D eigenvalue weighted by atomic mass is 9.95. The van der Waals surface area contributed by atoms with Crippen molar-refractivity contribution in [3.63, 3.8) is 0 Å². The van der Waals surface area contributed by atoms with Crippen LogP contribution < -0.4 is 15.0 Å². The molecule has 2 aliphatic rings. The molecule has 1 amide bonds. The van der Waals surface area contributed by atoms with Gasteiger partial charge in [-0.3, -0.25) is 4.79 Å². The number of hydrogen-bond donors (Lipinski definition) is 1. The largest absolute Gasteiger partial charge is 0.475 e. The highest BCUT2D eigenvalue weighted by Crippen LogP contribution is 2.40. The van der Waals surface area contributed by atoms with Crippen LogP contribution in [0.3, 0.4) is 0 Å². The van der Waals surface area contributed by atoms with E-state index in [1.54, 1.807) is 26.0 Å². The van der Waals surface area contributed by atoms with Gasteiger partial charge in [-0.1, -0.05) is 23.2 Å². The van der Waals surface area contributed by atoms with E-state index in [9.17, 15) is 17.6 Å². The van der Waals surface area contributed by atoms with Crippen molar-refractivity contribution < 1.29 is 22.3 Å². The molecule has 0 aromatic heterocycles. The van der Waals surface area contributed by atoms with Crippen LogP contribution in [0.1, 0.15) is 39.5 Å². The third kappa shape index (κ3) is 5.14. The average Bonchev–Trinajstić information content (AvgIpc) is 3.00. The number of ether oxygens (including phenoxy) is 1. The first kappa shape index (κ1) is 25.1. The number of rotatable bonds is 6. The SMILES string of the molecule is CC(C)(Oc1c(Cl)cc(F)cc1Cl)C(=O)NC1C[C@H]2CC[C@@H](C1)N2c1ccc(S(C)(=O)=O)cc1. The fourth-order valence-corrected chi connectivity index (χ4v) is 6.04. The lowest BCUT2D eigenvalue weighted by Crippen LogP contribution is -2.55. The highest BCUT2D eigenvalue weighted by molar-refractivity contribution is 7.90. The molecule has 2 aromatic carbocycles. The summed E-state index contributed by atoms with van der Waals surface area (Å²) in [7, 11) is -3.24. The summed E-state index contributed by atoms with van der Waals surface area (Å²) in [6.45, 7) is 3.23. The lowest BCUT2D eigenvalue weighted by molar-refractivity contribution is -0.135. The molecule has 2 saturated heterocycles. The number of amides is 1. The highest BCUT2D eigenvalue weighted by Gasteiger charge is 2.43. The maximum atomic E-state index is 13.5. The van der Waals surface area contributed by atoms with E-state index in [-0.39, 0.29) is 39.8 Å². The van der Waals surface area contributed by atoms with Crippen LogP contribution in [0.2, 0.25) is 10.0 Å². The molecule has 2 fully saturated rings. The van der Waals surface area contributed by atoms with Gasteiger partial charge in [0.15, 0.2) is 21.2 Å². The van der Waals surface area contributed by atoms with Crippen molar-refractivity contribution in [1.29, 1.82) is 0 Å². The van der Waals surface area contributed by atoms with Crippen molar-refractivity contribution in [2.75, 3.05) is 11.2 Å². The monoisotopic (exact) mass is 528 g/mol.